The van der Waals surface area contributed by atoms with Crippen LogP contribution in [0.4, 0.5) is 0 Å². The van der Waals surface area contributed by atoms with Gasteiger partial charge in [-0.2, -0.15) is 0 Å². The van der Waals surface area contributed by atoms with Gasteiger partial charge in [-0.05, 0) is 31.2 Å². The molecule has 0 saturated carbocycles. The van der Waals surface area contributed by atoms with Crippen molar-refractivity contribution < 1.29 is 13.7 Å². The van der Waals surface area contributed by atoms with Gasteiger partial charge in [0.2, 0.25) is 5.91 Å². The minimum atomic E-state index is -0.219. The van der Waals surface area contributed by atoms with Crippen molar-refractivity contribution in [3.05, 3.63) is 66.1 Å². The molecule has 4 rings (SSSR count). The molecule has 5 heteroatoms. The number of nitrogens with zero attached hydrogens (tertiary/aromatic N) is 1. The number of fused-ring (bicyclic) bond motifs is 2. The third-order valence-electron chi connectivity index (χ3n) is 4.03. The first kappa shape index (κ1) is 14.5. The molecule has 0 spiro atoms. The Bertz CT molecular complexity index is 982. The highest BCUT2D eigenvalue weighted by Crippen LogP contribution is 2.24. The lowest BCUT2D eigenvalue weighted by atomic mass is 10.1. The Kier molecular flexibility index (Phi) is 3.54. The number of rotatable bonds is 4. The summed E-state index contributed by atoms with van der Waals surface area (Å²) in [6.07, 6.45) is 0.168. The third kappa shape index (κ3) is 2.65. The van der Waals surface area contributed by atoms with Gasteiger partial charge in [-0.1, -0.05) is 35.5 Å². The van der Waals surface area contributed by atoms with Gasteiger partial charge < -0.3 is 14.3 Å². The topological polar surface area (TPSA) is 68.3 Å². The smallest absolute Gasteiger partial charge is 0.226 e. The molecule has 5 nitrogen and oxygen atoms in total. The maximum absolute atomic E-state index is 12.3. The van der Waals surface area contributed by atoms with E-state index in [0.29, 0.717) is 11.3 Å². The highest BCUT2D eigenvalue weighted by molar-refractivity contribution is 5.86. The number of carbonyl (C=O) groups excluding carboxylic acids is 1. The highest BCUT2D eigenvalue weighted by Gasteiger charge is 2.17. The van der Waals surface area contributed by atoms with Crippen molar-refractivity contribution in [2.45, 2.75) is 19.4 Å². The normalized spacial score (nSPS) is 12.5. The molecule has 0 aliphatic rings. The standard InChI is InChI=1S/C19H16N2O3/c1-12(18-10-13-6-2-4-8-16(13)23-18)20-19(22)11-15-14-7-3-5-9-17(14)24-21-15/h2-10,12H,11H2,1H3,(H,20,22)/t12-/m1/s1. The third-order valence-corrected chi connectivity index (χ3v) is 4.03. The number of hydrogen-bond acceptors (Lipinski definition) is 4. The van der Waals surface area contributed by atoms with Gasteiger partial charge in [0.1, 0.15) is 17.0 Å². The summed E-state index contributed by atoms with van der Waals surface area (Å²) in [5.74, 6) is 0.608. The molecule has 1 atom stereocenters. The molecule has 0 saturated heterocycles. The second-order valence-corrected chi connectivity index (χ2v) is 5.78. The van der Waals surface area contributed by atoms with E-state index in [9.17, 15) is 4.79 Å². The summed E-state index contributed by atoms with van der Waals surface area (Å²) in [4.78, 5) is 12.3. The number of aromatic nitrogens is 1. The van der Waals surface area contributed by atoms with E-state index in [1.165, 1.54) is 0 Å². The number of nitrogens with one attached hydrogen (secondary N) is 1. The molecule has 24 heavy (non-hydrogen) atoms. The summed E-state index contributed by atoms with van der Waals surface area (Å²) in [7, 11) is 0. The average Bonchev–Trinajstić information content (AvgIpc) is 3.19. The highest BCUT2D eigenvalue weighted by atomic mass is 16.5. The number of para-hydroxylation sites is 2. The van der Waals surface area contributed by atoms with E-state index >= 15 is 0 Å². The van der Waals surface area contributed by atoms with Gasteiger partial charge in [0.25, 0.3) is 0 Å². The summed E-state index contributed by atoms with van der Waals surface area (Å²) in [5.41, 5.74) is 2.14. The van der Waals surface area contributed by atoms with Gasteiger partial charge in [-0.3, -0.25) is 4.79 Å². The van der Waals surface area contributed by atoms with Crippen molar-refractivity contribution in [3.8, 4) is 0 Å². The largest absolute Gasteiger partial charge is 0.459 e. The van der Waals surface area contributed by atoms with Crippen LogP contribution in [0.15, 0.2) is 63.5 Å². The van der Waals surface area contributed by atoms with E-state index in [0.717, 1.165) is 22.1 Å². The lowest BCUT2D eigenvalue weighted by Crippen LogP contribution is -2.28. The molecule has 0 unspecified atom stereocenters. The molecule has 1 amide bonds. The Morgan fingerprint density at radius 3 is 2.71 bits per heavy atom. The van der Waals surface area contributed by atoms with Crippen molar-refractivity contribution in [3.63, 3.8) is 0 Å². The van der Waals surface area contributed by atoms with Crippen molar-refractivity contribution in [1.82, 2.24) is 10.5 Å². The SMILES string of the molecule is C[C@@H](NC(=O)Cc1noc2ccccc12)c1cc2ccccc2o1. The molecule has 2 heterocycles. The van der Waals surface area contributed by atoms with Gasteiger partial charge in [-0.25, -0.2) is 0 Å². The summed E-state index contributed by atoms with van der Waals surface area (Å²) in [6.45, 7) is 1.90. The Labute approximate surface area is 138 Å². The monoisotopic (exact) mass is 320 g/mol. The maximum atomic E-state index is 12.3. The quantitative estimate of drug-likeness (QED) is 0.617. The molecule has 120 valence electrons. The van der Waals surface area contributed by atoms with Crippen LogP contribution in [0, 0.1) is 0 Å². The number of amides is 1. The van der Waals surface area contributed by atoms with Gasteiger partial charge in [0.05, 0.1) is 12.5 Å². The Morgan fingerprint density at radius 2 is 1.88 bits per heavy atom. The van der Waals surface area contributed by atoms with E-state index < -0.39 is 0 Å². The zero-order valence-corrected chi connectivity index (χ0v) is 13.2. The molecular weight excluding hydrogens is 304 g/mol. The van der Waals surface area contributed by atoms with E-state index in [-0.39, 0.29) is 18.4 Å². The van der Waals surface area contributed by atoms with Crippen LogP contribution in [0.1, 0.15) is 24.4 Å². The first-order chi connectivity index (χ1) is 11.7. The number of furan rings is 1. The van der Waals surface area contributed by atoms with Crippen LogP contribution in [0.25, 0.3) is 21.9 Å². The van der Waals surface area contributed by atoms with Crippen LogP contribution < -0.4 is 5.32 Å². The lowest BCUT2D eigenvalue weighted by molar-refractivity contribution is -0.121. The van der Waals surface area contributed by atoms with Gasteiger partial charge in [0, 0.05) is 10.8 Å². The zero-order chi connectivity index (χ0) is 16.5. The maximum Gasteiger partial charge on any atom is 0.226 e. The second kappa shape index (κ2) is 5.85. The second-order valence-electron chi connectivity index (χ2n) is 5.78. The van der Waals surface area contributed by atoms with Crippen LogP contribution in [-0.4, -0.2) is 11.1 Å². The van der Waals surface area contributed by atoms with Gasteiger partial charge in [0.15, 0.2) is 5.58 Å². The van der Waals surface area contributed by atoms with Crippen LogP contribution >= 0.6 is 0 Å². The van der Waals surface area contributed by atoms with Crippen LogP contribution in [0.5, 0.6) is 0 Å². The molecule has 0 radical (unpaired) electrons. The first-order valence-electron chi connectivity index (χ1n) is 7.82. The Hall–Kier alpha value is -3.08. The summed E-state index contributed by atoms with van der Waals surface area (Å²) in [5, 5.41) is 8.83. The Balaban J connectivity index is 1.49. The average molecular weight is 320 g/mol. The number of hydrogen-bond donors (Lipinski definition) is 1. The zero-order valence-electron chi connectivity index (χ0n) is 13.2. The molecule has 0 fully saturated rings. The van der Waals surface area contributed by atoms with Crippen molar-refractivity contribution in [2.24, 2.45) is 0 Å². The van der Waals surface area contributed by atoms with Crippen molar-refractivity contribution in [2.75, 3.05) is 0 Å². The molecule has 2 aromatic heterocycles. The van der Waals surface area contributed by atoms with E-state index in [1.54, 1.807) is 0 Å². The van der Waals surface area contributed by atoms with Gasteiger partial charge >= 0.3 is 0 Å². The lowest BCUT2D eigenvalue weighted by Gasteiger charge is -2.10. The minimum absolute atomic E-state index is 0.123. The van der Waals surface area contributed by atoms with Crippen LogP contribution in [0.2, 0.25) is 0 Å². The molecule has 0 aliphatic carbocycles. The number of benzene rings is 2. The van der Waals surface area contributed by atoms with Gasteiger partial charge in [-0.15, -0.1) is 0 Å². The minimum Gasteiger partial charge on any atom is -0.459 e. The van der Waals surface area contributed by atoms with Crippen LogP contribution in [-0.2, 0) is 11.2 Å². The van der Waals surface area contributed by atoms with E-state index in [4.69, 9.17) is 8.94 Å². The molecular formula is C19H16N2O3. The summed E-state index contributed by atoms with van der Waals surface area (Å²) in [6, 6.07) is 17.0. The fraction of sp³-hybridized carbons (Fsp3) is 0.158. The Morgan fingerprint density at radius 1 is 1.12 bits per heavy atom. The fourth-order valence-corrected chi connectivity index (χ4v) is 2.80. The molecule has 2 aromatic carbocycles. The predicted molar refractivity (Wildman–Crippen MR) is 90.5 cm³/mol. The number of carbonyl (C=O) groups is 1. The van der Waals surface area contributed by atoms with Crippen molar-refractivity contribution >= 4 is 27.8 Å². The molecule has 0 aliphatic heterocycles. The summed E-state index contributed by atoms with van der Waals surface area (Å²) < 4.78 is 11.0. The first-order valence-corrected chi connectivity index (χ1v) is 7.82. The molecule has 0 bridgehead atoms. The van der Waals surface area contributed by atoms with Crippen molar-refractivity contribution in [1.29, 1.82) is 0 Å². The van der Waals surface area contributed by atoms with E-state index in [1.807, 2.05) is 61.5 Å². The molecule has 1 N–H and O–H groups in total. The fourth-order valence-electron chi connectivity index (χ4n) is 2.80. The summed E-state index contributed by atoms with van der Waals surface area (Å²) >= 11 is 0. The van der Waals surface area contributed by atoms with Crippen LogP contribution in [0.3, 0.4) is 0 Å². The van der Waals surface area contributed by atoms with E-state index in [2.05, 4.69) is 10.5 Å². The molecule has 4 aromatic rings. The predicted octanol–water partition coefficient (Wildman–Crippen LogP) is 3.99.